The van der Waals surface area contributed by atoms with Crippen molar-refractivity contribution in [2.45, 2.75) is 33.6 Å². The predicted molar refractivity (Wildman–Crippen MR) is 66.8 cm³/mol. The first-order chi connectivity index (χ1) is 7.94. The van der Waals surface area contributed by atoms with E-state index in [2.05, 4.69) is 25.8 Å². The number of Topliss-reactive ketones (excluding diaryl/α,β-unsaturated/α-hetero) is 1. The van der Waals surface area contributed by atoms with Gasteiger partial charge in [-0.1, -0.05) is 32.9 Å². The summed E-state index contributed by atoms with van der Waals surface area (Å²) >= 11 is 0. The molecule has 1 aromatic heterocycles. The van der Waals surface area contributed by atoms with Gasteiger partial charge in [0, 0.05) is 6.42 Å². The van der Waals surface area contributed by atoms with Gasteiger partial charge in [0.2, 0.25) is 5.89 Å². The molecule has 3 heteroatoms. The fraction of sp³-hybridized carbons (Fsp3) is 0.429. The van der Waals surface area contributed by atoms with Crippen molar-refractivity contribution in [3.05, 3.63) is 30.2 Å². The fourth-order valence-corrected chi connectivity index (χ4v) is 1.82. The van der Waals surface area contributed by atoms with Gasteiger partial charge in [-0.15, -0.1) is 0 Å². The van der Waals surface area contributed by atoms with E-state index in [4.69, 9.17) is 4.42 Å². The van der Waals surface area contributed by atoms with Crippen molar-refractivity contribution in [1.29, 1.82) is 0 Å². The average Bonchev–Trinajstić information content (AvgIpc) is 2.55. The van der Waals surface area contributed by atoms with Crippen LogP contribution in [0.15, 0.2) is 28.7 Å². The summed E-state index contributed by atoms with van der Waals surface area (Å²) in [7, 11) is 0. The number of hydrogen-bond donors (Lipinski definition) is 0. The minimum absolute atomic E-state index is 0.0170. The van der Waals surface area contributed by atoms with E-state index < -0.39 is 0 Å². The molecule has 0 aliphatic rings. The van der Waals surface area contributed by atoms with Gasteiger partial charge in [-0.05, 0) is 17.5 Å². The van der Waals surface area contributed by atoms with E-state index in [9.17, 15) is 4.79 Å². The second kappa shape index (κ2) is 4.32. The summed E-state index contributed by atoms with van der Waals surface area (Å²) in [6.45, 7) is 6.16. The summed E-state index contributed by atoms with van der Waals surface area (Å²) in [6.07, 6.45) is 0.831. The number of rotatable bonds is 3. The number of hydrogen-bond acceptors (Lipinski definition) is 3. The van der Waals surface area contributed by atoms with Gasteiger partial charge < -0.3 is 4.42 Å². The van der Waals surface area contributed by atoms with Gasteiger partial charge in [-0.2, -0.15) is 0 Å². The zero-order valence-corrected chi connectivity index (χ0v) is 10.5. The molecule has 1 heterocycles. The number of nitrogens with zero attached hydrogens (tertiary/aromatic N) is 1. The summed E-state index contributed by atoms with van der Waals surface area (Å²) in [6, 6.07) is 7.55. The predicted octanol–water partition coefficient (Wildman–Crippen LogP) is 3.38. The molecule has 0 amide bonds. The minimum Gasteiger partial charge on any atom is -0.440 e. The maximum atomic E-state index is 11.8. The van der Waals surface area contributed by atoms with E-state index in [1.807, 2.05) is 24.3 Å². The molecule has 0 fully saturated rings. The van der Waals surface area contributed by atoms with Crippen molar-refractivity contribution in [1.82, 2.24) is 4.98 Å². The van der Waals surface area contributed by atoms with Crippen LogP contribution >= 0.6 is 0 Å². The highest BCUT2D eigenvalue weighted by Crippen LogP contribution is 2.21. The van der Waals surface area contributed by atoms with E-state index in [-0.39, 0.29) is 17.6 Å². The fourth-order valence-electron chi connectivity index (χ4n) is 1.82. The minimum atomic E-state index is 0.0170. The van der Waals surface area contributed by atoms with E-state index in [0.717, 1.165) is 11.1 Å². The van der Waals surface area contributed by atoms with Gasteiger partial charge in [0.25, 0.3) is 0 Å². The number of carbonyl (C=O) groups is 1. The Morgan fingerprint density at radius 3 is 2.65 bits per heavy atom. The standard InChI is InChI=1S/C14H17NO2/c1-14(2,3)9-10(16)8-13-15-11-6-4-5-7-12(11)17-13/h4-7H,8-9H2,1-3H3. The van der Waals surface area contributed by atoms with Crippen molar-refractivity contribution in [3.63, 3.8) is 0 Å². The molecule has 0 spiro atoms. The monoisotopic (exact) mass is 231 g/mol. The number of benzene rings is 1. The largest absolute Gasteiger partial charge is 0.440 e. The van der Waals surface area contributed by atoms with Crippen LogP contribution in [0.1, 0.15) is 33.1 Å². The summed E-state index contributed by atoms with van der Waals surface area (Å²) in [5, 5.41) is 0. The molecule has 3 nitrogen and oxygen atoms in total. The third-order valence-electron chi connectivity index (χ3n) is 2.41. The van der Waals surface area contributed by atoms with E-state index in [1.165, 1.54) is 0 Å². The summed E-state index contributed by atoms with van der Waals surface area (Å²) in [4.78, 5) is 16.1. The Labute approximate surface area is 101 Å². The van der Waals surface area contributed by atoms with Crippen molar-refractivity contribution in [3.8, 4) is 0 Å². The molecule has 1 aromatic carbocycles. The average molecular weight is 231 g/mol. The highest BCUT2D eigenvalue weighted by atomic mass is 16.3. The molecule has 0 aliphatic carbocycles. The molecule has 0 radical (unpaired) electrons. The number of aromatic nitrogens is 1. The molecule has 0 N–H and O–H groups in total. The van der Waals surface area contributed by atoms with Crippen LogP contribution < -0.4 is 0 Å². The van der Waals surface area contributed by atoms with Crippen LogP contribution in [0.3, 0.4) is 0 Å². The Hall–Kier alpha value is -1.64. The Bertz CT molecular complexity index is 501. The first kappa shape index (κ1) is 11.8. The second-order valence-corrected chi connectivity index (χ2v) is 5.53. The summed E-state index contributed by atoms with van der Waals surface area (Å²) < 4.78 is 5.52. The quantitative estimate of drug-likeness (QED) is 0.813. The summed E-state index contributed by atoms with van der Waals surface area (Å²) in [5.74, 6) is 0.685. The highest BCUT2D eigenvalue weighted by Gasteiger charge is 2.18. The van der Waals surface area contributed by atoms with Crippen molar-refractivity contribution in [2.75, 3.05) is 0 Å². The summed E-state index contributed by atoms with van der Waals surface area (Å²) in [5.41, 5.74) is 1.57. The molecule has 17 heavy (non-hydrogen) atoms. The van der Waals surface area contributed by atoms with Gasteiger partial charge in [-0.25, -0.2) is 4.98 Å². The molecule has 2 rings (SSSR count). The third-order valence-corrected chi connectivity index (χ3v) is 2.41. The van der Waals surface area contributed by atoms with E-state index >= 15 is 0 Å². The van der Waals surface area contributed by atoms with Crippen molar-refractivity contribution < 1.29 is 9.21 Å². The Morgan fingerprint density at radius 1 is 1.29 bits per heavy atom. The number of carbonyl (C=O) groups excluding carboxylic acids is 1. The van der Waals surface area contributed by atoms with Crippen LogP contribution in [0.25, 0.3) is 11.1 Å². The molecule has 0 aliphatic heterocycles. The first-order valence-electron chi connectivity index (χ1n) is 5.80. The number of oxazole rings is 1. The lowest BCUT2D eigenvalue weighted by Crippen LogP contribution is -2.14. The Kier molecular flexibility index (Phi) is 3.01. The molecular weight excluding hydrogens is 214 g/mol. The lowest BCUT2D eigenvalue weighted by atomic mass is 9.89. The van der Waals surface area contributed by atoms with Crippen LogP contribution in [-0.4, -0.2) is 10.8 Å². The maximum Gasteiger partial charge on any atom is 0.202 e. The van der Waals surface area contributed by atoms with Crippen LogP contribution in [-0.2, 0) is 11.2 Å². The number of fused-ring (bicyclic) bond motifs is 1. The van der Waals surface area contributed by atoms with Gasteiger partial charge in [0.05, 0.1) is 6.42 Å². The molecule has 0 unspecified atom stereocenters. The Morgan fingerprint density at radius 2 is 2.00 bits per heavy atom. The van der Waals surface area contributed by atoms with Crippen LogP contribution in [0.5, 0.6) is 0 Å². The SMILES string of the molecule is CC(C)(C)CC(=O)Cc1nc2ccccc2o1. The van der Waals surface area contributed by atoms with Gasteiger partial charge >= 0.3 is 0 Å². The van der Waals surface area contributed by atoms with Gasteiger partial charge in [0.1, 0.15) is 11.3 Å². The normalized spacial score (nSPS) is 11.9. The van der Waals surface area contributed by atoms with E-state index in [0.29, 0.717) is 12.3 Å². The molecule has 0 bridgehead atoms. The van der Waals surface area contributed by atoms with Crippen LogP contribution in [0, 0.1) is 5.41 Å². The number of para-hydroxylation sites is 2. The van der Waals surface area contributed by atoms with Gasteiger partial charge in [0.15, 0.2) is 5.58 Å². The van der Waals surface area contributed by atoms with Crippen LogP contribution in [0.2, 0.25) is 0 Å². The van der Waals surface area contributed by atoms with Crippen molar-refractivity contribution >= 4 is 16.9 Å². The smallest absolute Gasteiger partial charge is 0.202 e. The first-order valence-corrected chi connectivity index (χ1v) is 5.80. The lowest BCUT2D eigenvalue weighted by Gasteiger charge is -2.15. The highest BCUT2D eigenvalue weighted by molar-refractivity contribution is 5.81. The molecule has 0 saturated heterocycles. The Balaban J connectivity index is 2.11. The van der Waals surface area contributed by atoms with Gasteiger partial charge in [-0.3, -0.25) is 4.79 Å². The topological polar surface area (TPSA) is 43.1 Å². The van der Waals surface area contributed by atoms with Crippen molar-refractivity contribution in [2.24, 2.45) is 5.41 Å². The number of ketones is 1. The van der Waals surface area contributed by atoms with Crippen LogP contribution in [0.4, 0.5) is 0 Å². The third kappa shape index (κ3) is 3.16. The second-order valence-electron chi connectivity index (χ2n) is 5.53. The zero-order valence-electron chi connectivity index (χ0n) is 10.5. The molecular formula is C14H17NO2. The lowest BCUT2D eigenvalue weighted by molar-refractivity contribution is -0.120. The molecule has 0 atom stereocenters. The zero-order chi connectivity index (χ0) is 12.5. The van der Waals surface area contributed by atoms with E-state index in [1.54, 1.807) is 0 Å². The maximum absolute atomic E-state index is 11.8. The molecule has 90 valence electrons. The molecule has 2 aromatic rings. The molecule has 0 saturated carbocycles.